The molecule has 132 valence electrons. The molecule has 0 fully saturated rings. The molecule has 0 spiro atoms. The number of hydrogen-bond acceptors (Lipinski definition) is 5. The Bertz CT molecular complexity index is 882. The lowest BCUT2D eigenvalue weighted by atomic mass is 10.3. The molecule has 2 N–H and O–H groups in total. The highest BCUT2D eigenvalue weighted by Crippen LogP contribution is 2.21. The van der Waals surface area contributed by atoms with E-state index in [1.165, 1.54) is 29.3 Å². The fraction of sp³-hybridized carbons (Fsp3) is 0.0556. The number of amides is 2. The third-order valence-electron chi connectivity index (χ3n) is 3.22. The second kappa shape index (κ2) is 8.84. The van der Waals surface area contributed by atoms with E-state index < -0.39 is 0 Å². The summed E-state index contributed by atoms with van der Waals surface area (Å²) in [6.45, 7) is 0. The second-order valence-electron chi connectivity index (χ2n) is 5.15. The van der Waals surface area contributed by atoms with Crippen molar-refractivity contribution in [2.75, 3.05) is 16.4 Å². The van der Waals surface area contributed by atoms with E-state index in [0.717, 1.165) is 4.90 Å². The summed E-state index contributed by atoms with van der Waals surface area (Å²) in [7, 11) is 0. The minimum atomic E-state index is -0.153. The lowest BCUT2D eigenvalue weighted by molar-refractivity contribution is -0.113. The molecule has 26 heavy (non-hydrogen) atoms. The van der Waals surface area contributed by atoms with Crippen molar-refractivity contribution in [3.8, 4) is 0 Å². The van der Waals surface area contributed by atoms with Gasteiger partial charge in [-0.2, -0.15) is 0 Å². The zero-order valence-corrected chi connectivity index (χ0v) is 15.8. The number of carbonyl (C=O) groups is 2. The number of benzene rings is 1. The van der Waals surface area contributed by atoms with Gasteiger partial charge in [0.1, 0.15) is 5.82 Å². The lowest BCUT2D eigenvalue weighted by Gasteiger charge is -2.06. The highest BCUT2D eigenvalue weighted by atomic mass is 35.5. The first-order valence-corrected chi connectivity index (χ1v) is 9.83. The molecule has 0 unspecified atom stereocenters. The molecule has 5 nitrogen and oxygen atoms in total. The minimum absolute atomic E-state index is 0.129. The quantitative estimate of drug-likeness (QED) is 0.581. The van der Waals surface area contributed by atoms with E-state index in [0.29, 0.717) is 21.4 Å². The number of pyridine rings is 1. The zero-order chi connectivity index (χ0) is 18.4. The number of carbonyl (C=O) groups excluding carboxylic acids is 2. The van der Waals surface area contributed by atoms with Crippen molar-refractivity contribution in [2.45, 2.75) is 4.90 Å². The van der Waals surface area contributed by atoms with Crippen LogP contribution in [-0.2, 0) is 4.79 Å². The van der Waals surface area contributed by atoms with Crippen LogP contribution in [0, 0.1) is 0 Å². The molecule has 3 aromatic rings. The van der Waals surface area contributed by atoms with Gasteiger partial charge in [0.25, 0.3) is 5.91 Å². The topological polar surface area (TPSA) is 71.1 Å². The normalized spacial score (nSPS) is 10.3. The standard InChI is InChI=1S/C18H14ClN3O2S2/c19-12-3-8-16(20-10-12)22-17(23)11-26-14-6-4-13(5-7-14)21-18(24)15-2-1-9-25-15/h1-10H,11H2,(H,21,24)(H,20,22,23). The van der Waals surface area contributed by atoms with Crippen LogP contribution in [0.4, 0.5) is 11.5 Å². The monoisotopic (exact) mass is 403 g/mol. The van der Waals surface area contributed by atoms with Crippen LogP contribution >= 0.6 is 34.7 Å². The number of hydrogen-bond donors (Lipinski definition) is 2. The van der Waals surface area contributed by atoms with E-state index in [2.05, 4.69) is 15.6 Å². The van der Waals surface area contributed by atoms with Gasteiger partial charge in [-0.3, -0.25) is 9.59 Å². The average Bonchev–Trinajstić information content (AvgIpc) is 3.18. The van der Waals surface area contributed by atoms with Crippen molar-refractivity contribution in [3.63, 3.8) is 0 Å². The van der Waals surface area contributed by atoms with Crippen molar-refractivity contribution in [1.29, 1.82) is 0 Å². The first-order valence-electron chi connectivity index (χ1n) is 7.59. The molecular formula is C18H14ClN3O2S2. The lowest BCUT2D eigenvalue weighted by Crippen LogP contribution is -2.14. The van der Waals surface area contributed by atoms with E-state index in [9.17, 15) is 9.59 Å². The molecule has 0 radical (unpaired) electrons. The van der Waals surface area contributed by atoms with Gasteiger partial charge in [0, 0.05) is 16.8 Å². The Labute approximate surface area is 163 Å². The summed E-state index contributed by atoms with van der Waals surface area (Å²) in [5.74, 6) is 0.437. The van der Waals surface area contributed by atoms with E-state index in [1.807, 2.05) is 35.7 Å². The van der Waals surface area contributed by atoms with Crippen LogP contribution in [0.25, 0.3) is 0 Å². The third kappa shape index (κ3) is 5.32. The van der Waals surface area contributed by atoms with Gasteiger partial charge in [-0.05, 0) is 47.8 Å². The average molecular weight is 404 g/mol. The number of aromatic nitrogens is 1. The predicted molar refractivity (Wildman–Crippen MR) is 107 cm³/mol. The Hall–Kier alpha value is -2.35. The number of halogens is 1. The highest BCUT2D eigenvalue weighted by molar-refractivity contribution is 8.00. The molecule has 3 rings (SSSR count). The largest absolute Gasteiger partial charge is 0.321 e. The predicted octanol–water partition coefficient (Wildman–Crippen LogP) is 4.78. The molecular weight excluding hydrogens is 390 g/mol. The Balaban J connectivity index is 1.48. The van der Waals surface area contributed by atoms with Crippen LogP contribution in [0.2, 0.25) is 5.02 Å². The molecule has 0 saturated heterocycles. The van der Waals surface area contributed by atoms with E-state index >= 15 is 0 Å². The summed E-state index contributed by atoms with van der Waals surface area (Å²) in [5, 5.41) is 7.92. The van der Waals surface area contributed by atoms with Gasteiger partial charge in [0.05, 0.1) is 15.7 Å². The van der Waals surface area contributed by atoms with Crippen molar-refractivity contribution in [3.05, 3.63) is 70.0 Å². The van der Waals surface area contributed by atoms with Crippen molar-refractivity contribution in [2.24, 2.45) is 0 Å². The summed E-state index contributed by atoms with van der Waals surface area (Å²) in [4.78, 5) is 29.6. The zero-order valence-electron chi connectivity index (χ0n) is 13.4. The minimum Gasteiger partial charge on any atom is -0.321 e. The Kier molecular flexibility index (Phi) is 6.27. The fourth-order valence-corrected chi connectivity index (χ4v) is 3.44. The molecule has 2 amide bonds. The van der Waals surface area contributed by atoms with Crippen LogP contribution in [0.3, 0.4) is 0 Å². The van der Waals surface area contributed by atoms with E-state index in [4.69, 9.17) is 11.6 Å². The molecule has 0 aliphatic carbocycles. The number of nitrogens with one attached hydrogen (secondary N) is 2. The van der Waals surface area contributed by atoms with Gasteiger partial charge in [0.2, 0.25) is 5.91 Å². The maximum atomic E-state index is 12.0. The Morgan fingerprint density at radius 1 is 1.08 bits per heavy atom. The summed E-state index contributed by atoms with van der Waals surface area (Å²) < 4.78 is 0. The molecule has 0 aliphatic rings. The second-order valence-corrected chi connectivity index (χ2v) is 7.59. The van der Waals surface area contributed by atoms with Gasteiger partial charge in [0.15, 0.2) is 0 Å². The smallest absolute Gasteiger partial charge is 0.265 e. The van der Waals surface area contributed by atoms with Crippen molar-refractivity contribution >= 4 is 58.0 Å². The highest BCUT2D eigenvalue weighted by Gasteiger charge is 2.08. The molecule has 0 bridgehead atoms. The summed E-state index contributed by atoms with van der Waals surface area (Å²) >= 11 is 8.55. The molecule has 0 aliphatic heterocycles. The molecule has 2 heterocycles. The number of anilines is 2. The number of nitrogens with zero attached hydrogens (tertiary/aromatic N) is 1. The van der Waals surface area contributed by atoms with Crippen molar-refractivity contribution in [1.82, 2.24) is 4.98 Å². The Morgan fingerprint density at radius 3 is 2.54 bits per heavy atom. The van der Waals surface area contributed by atoms with Gasteiger partial charge in [-0.25, -0.2) is 4.98 Å². The van der Waals surface area contributed by atoms with Gasteiger partial charge in [-0.1, -0.05) is 17.7 Å². The van der Waals surface area contributed by atoms with Crippen LogP contribution in [0.5, 0.6) is 0 Å². The SMILES string of the molecule is O=C(CSc1ccc(NC(=O)c2cccs2)cc1)Nc1ccc(Cl)cn1. The van der Waals surface area contributed by atoms with E-state index in [-0.39, 0.29) is 17.6 Å². The van der Waals surface area contributed by atoms with Crippen LogP contribution in [-0.4, -0.2) is 22.6 Å². The van der Waals surface area contributed by atoms with Gasteiger partial charge >= 0.3 is 0 Å². The first-order chi connectivity index (χ1) is 12.6. The van der Waals surface area contributed by atoms with Crippen LogP contribution in [0.1, 0.15) is 9.67 Å². The Morgan fingerprint density at radius 2 is 1.88 bits per heavy atom. The summed E-state index contributed by atoms with van der Waals surface area (Å²) in [6, 6.07) is 14.3. The van der Waals surface area contributed by atoms with Gasteiger partial charge < -0.3 is 10.6 Å². The molecule has 0 atom stereocenters. The van der Waals surface area contributed by atoms with E-state index in [1.54, 1.807) is 18.2 Å². The third-order valence-corrected chi connectivity index (χ3v) is 5.33. The summed E-state index contributed by atoms with van der Waals surface area (Å²) in [5.41, 5.74) is 0.711. The van der Waals surface area contributed by atoms with Gasteiger partial charge in [-0.15, -0.1) is 23.1 Å². The first kappa shape index (κ1) is 18.4. The number of rotatable bonds is 6. The molecule has 0 saturated carbocycles. The fourth-order valence-electron chi connectivity index (χ4n) is 2.01. The van der Waals surface area contributed by atoms with Crippen LogP contribution in [0.15, 0.2) is 65.0 Å². The number of thiophene rings is 1. The molecule has 2 aromatic heterocycles. The summed E-state index contributed by atoms with van der Waals surface area (Å²) in [6.07, 6.45) is 1.48. The molecule has 1 aromatic carbocycles. The van der Waals surface area contributed by atoms with Crippen LogP contribution < -0.4 is 10.6 Å². The maximum absolute atomic E-state index is 12.0. The molecule has 8 heteroatoms. The van der Waals surface area contributed by atoms with Crippen molar-refractivity contribution < 1.29 is 9.59 Å². The number of thioether (sulfide) groups is 1. The maximum Gasteiger partial charge on any atom is 0.265 e.